The molecular formula is C33H34F3N5O3. The number of aryl methyl sites for hydroxylation is 1. The van der Waals surface area contributed by atoms with Gasteiger partial charge in [0.1, 0.15) is 40.6 Å². The Bertz CT molecular complexity index is 1780. The molecule has 2 aromatic heterocycles. The number of hydrogen-bond donors (Lipinski definition) is 1. The molecule has 4 aromatic rings. The molecule has 0 radical (unpaired) electrons. The number of hydrogen-bond acceptors (Lipinski definition) is 8. The summed E-state index contributed by atoms with van der Waals surface area (Å²) in [5.41, 5.74) is 0.314. The van der Waals surface area contributed by atoms with Crippen LogP contribution in [0.5, 0.6) is 11.8 Å². The second kappa shape index (κ2) is 10.9. The van der Waals surface area contributed by atoms with Gasteiger partial charge in [-0.1, -0.05) is 13.0 Å². The predicted molar refractivity (Wildman–Crippen MR) is 161 cm³/mol. The van der Waals surface area contributed by atoms with Crippen molar-refractivity contribution in [3.05, 3.63) is 47.7 Å². The highest BCUT2D eigenvalue weighted by Crippen LogP contribution is 2.48. The number of fused-ring (bicyclic) bond motifs is 3. The molecule has 11 heteroatoms. The van der Waals surface area contributed by atoms with Crippen molar-refractivity contribution in [2.24, 2.45) is 5.41 Å². The van der Waals surface area contributed by atoms with Gasteiger partial charge in [-0.05, 0) is 73.2 Å². The van der Waals surface area contributed by atoms with Crippen LogP contribution >= 0.6 is 0 Å². The van der Waals surface area contributed by atoms with Gasteiger partial charge in [-0.2, -0.15) is 9.97 Å². The topological polar surface area (TPSA) is 91.7 Å². The molecule has 1 spiro atoms. The molecule has 3 saturated heterocycles. The minimum absolute atomic E-state index is 0.00341. The van der Waals surface area contributed by atoms with Crippen molar-refractivity contribution in [3.8, 4) is 23.0 Å². The first-order valence-electron chi connectivity index (χ1n) is 15.2. The van der Waals surface area contributed by atoms with Crippen LogP contribution in [-0.2, 0) is 11.2 Å². The molecule has 0 amide bonds. The van der Waals surface area contributed by atoms with E-state index in [0.29, 0.717) is 66.1 Å². The molecule has 1 aliphatic carbocycles. The number of halogens is 3. The average molecular weight is 606 g/mol. The lowest BCUT2D eigenvalue weighted by atomic mass is 9.62. The van der Waals surface area contributed by atoms with Crippen LogP contribution in [0.2, 0.25) is 0 Å². The van der Waals surface area contributed by atoms with Gasteiger partial charge in [0.2, 0.25) is 0 Å². The Hall–Kier alpha value is -3.99. The van der Waals surface area contributed by atoms with E-state index in [9.17, 15) is 18.7 Å². The fraction of sp³-hybridized carbons (Fsp3) is 0.455. The maximum atomic E-state index is 16.1. The van der Waals surface area contributed by atoms with E-state index in [1.807, 2.05) is 11.8 Å². The SMILES string of the molecule is CCc1c(F)ccc2cc(O)cc(-c3ncc4c(N5CC6(CCC6=O)C5)nc(OC)nc4c3F)c12.F[C@@H]1CC2CCCN2C1. The predicted octanol–water partition coefficient (Wildman–Crippen LogP) is 5.76. The molecule has 1 N–H and O–H groups in total. The third-order valence-corrected chi connectivity index (χ3v) is 9.76. The van der Waals surface area contributed by atoms with Gasteiger partial charge in [0.25, 0.3) is 0 Å². The lowest BCUT2D eigenvalue weighted by molar-refractivity contribution is -0.140. The Morgan fingerprint density at radius 1 is 1.18 bits per heavy atom. The van der Waals surface area contributed by atoms with Gasteiger partial charge in [0, 0.05) is 43.9 Å². The van der Waals surface area contributed by atoms with Gasteiger partial charge in [-0.3, -0.25) is 14.7 Å². The number of aromatic hydroxyl groups is 1. The van der Waals surface area contributed by atoms with Gasteiger partial charge in [-0.15, -0.1) is 0 Å². The number of nitrogens with zero attached hydrogens (tertiary/aromatic N) is 5. The van der Waals surface area contributed by atoms with Gasteiger partial charge >= 0.3 is 6.01 Å². The fourth-order valence-electron chi connectivity index (χ4n) is 7.35. The van der Waals surface area contributed by atoms with E-state index in [1.54, 1.807) is 6.07 Å². The smallest absolute Gasteiger partial charge is 0.318 e. The molecule has 1 saturated carbocycles. The van der Waals surface area contributed by atoms with Crippen molar-refractivity contribution in [1.82, 2.24) is 19.9 Å². The quantitative estimate of drug-likeness (QED) is 0.314. The van der Waals surface area contributed by atoms with Gasteiger partial charge in [-0.25, -0.2) is 13.2 Å². The van der Waals surface area contributed by atoms with E-state index in [2.05, 4.69) is 19.9 Å². The number of alkyl halides is 1. The molecule has 4 fully saturated rings. The fourth-order valence-corrected chi connectivity index (χ4v) is 7.35. The number of phenols is 1. The number of anilines is 1. The summed E-state index contributed by atoms with van der Waals surface area (Å²) in [5, 5.41) is 11.8. The molecule has 2 atom stereocenters. The van der Waals surface area contributed by atoms with Gasteiger partial charge in [0.15, 0.2) is 5.82 Å². The number of ether oxygens (including phenoxy) is 1. The number of phenolic OH excluding ortho intramolecular Hbond substituents is 1. The summed E-state index contributed by atoms with van der Waals surface area (Å²) < 4.78 is 48.6. The number of ketones is 1. The van der Waals surface area contributed by atoms with Crippen molar-refractivity contribution in [3.63, 3.8) is 0 Å². The maximum Gasteiger partial charge on any atom is 0.318 e. The third kappa shape index (κ3) is 4.63. The number of pyridine rings is 1. The zero-order valence-electron chi connectivity index (χ0n) is 24.7. The number of carbonyl (C=O) groups excluding carboxylic acids is 1. The zero-order chi connectivity index (χ0) is 30.7. The highest BCUT2D eigenvalue weighted by atomic mass is 19.1. The molecule has 44 heavy (non-hydrogen) atoms. The second-order valence-corrected chi connectivity index (χ2v) is 12.4. The summed E-state index contributed by atoms with van der Waals surface area (Å²) in [5.74, 6) is -0.509. The van der Waals surface area contributed by atoms with E-state index >= 15 is 4.39 Å². The minimum atomic E-state index is -0.724. The van der Waals surface area contributed by atoms with E-state index in [-0.39, 0.29) is 39.7 Å². The summed E-state index contributed by atoms with van der Waals surface area (Å²) in [6, 6.07) is 6.40. The number of Topliss-reactive ketones (excluding diaryl/α,β-unsaturated/α-hetero) is 1. The van der Waals surface area contributed by atoms with Crippen LogP contribution in [0.1, 0.15) is 44.6 Å². The van der Waals surface area contributed by atoms with Crippen LogP contribution in [-0.4, -0.2) is 76.2 Å². The van der Waals surface area contributed by atoms with E-state index in [4.69, 9.17) is 4.74 Å². The largest absolute Gasteiger partial charge is 0.508 e. The zero-order valence-corrected chi connectivity index (χ0v) is 24.7. The molecule has 0 bridgehead atoms. The molecule has 3 aliphatic heterocycles. The Morgan fingerprint density at radius 3 is 2.68 bits per heavy atom. The Morgan fingerprint density at radius 2 is 2.00 bits per heavy atom. The molecule has 4 aliphatic rings. The third-order valence-electron chi connectivity index (χ3n) is 9.76. The highest BCUT2D eigenvalue weighted by molar-refractivity contribution is 6.02. The normalized spacial score (nSPS) is 22.1. The second-order valence-electron chi connectivity index (χ2n) is 12.4. The summed E-state index contributed by atoms with van der Waals surface area (Å²) >= 11 is 0. The summed E-state index contributed by atoms with van der Waals surface area (Å²) in [6.45, 7) is 4.70. The Labute approximate surface area is 252 Å². The van der Waals surface area contributed by atoms with Crippen LogP contribution < -0.4 is 9.64 Å². The molecule has 1 unspecified atom stereocenters. The molecular weight excluding hydrogens is 571 g/mol. The van der Waals surface area contributed by atoms with Crippen molar-refractivity contribution in [2.75, 3.05) is 38.2 Å². The van der Waals surface area contributed by atoms with Crippen molar-refractivity contribution in [2.45, 2.75) is 57.7 Å². The number of methoxy groups -OCH3 is 1. The van der Waals surface area contributed by atoms with E-state index in [0.717, 1.165) is 19.4 Å². The lowest BCUT2D eigenvalue weighted by Gasteiger charge is -2.54. The summed E-state index contributed by atoms with van der Waals surface area (Å²) in [6.07, 6.45) is 6.12. The number of benzene rings is 2. The number of rotatable bonds is 4. The first-order valence-corrected chi connectivity index (χ1v) is 15.2. The molecule has 8 nitrogen and oxygen atoms in total. The van der Waals surface area contributed by atoms with Crippen LogP contribution in [0, 0.1) is 17.0 Å². The van der Waals surface area contributed by atoms with Crippen LogP contribution in [0.4, 0.5) is 19.0 Å². The first-order chi connectivity index (χ1) is 21.2. The monoisotopic (exact) mass is 605 g/mol. The van der Waals surface area contributed by atoms with Gasteiger partial charge in [0.05, 0.1) is 17.9 Å². The summed E-state index contributed by atoms with van der Waals surface area (Å²) in [7, 11) is 1.40. The summed E-state index contributed by atoms with van der Waals surface area (Å²) in [4.78, 5) is 29.3. The van der Waals surface area contributed by atoms with E-state index < -0.39 is 17.8 Å². The number of aromatic nitrogens is 3. The standard InChI is InChI=1S/C26H22F2N4O3.C7H12FN/c1-3-15-18(27)5-4-13-8-14(33)9-16(20(13)15)22-21(28)23-17(10-29-22)24(31-25(30-23)35-2)32-11-26(12-32)7-6-19(26)34;8-6-4-7-2-1-3-9(7)5-6/h4-5,8-10,33H,3,6-7,11-12H2,1-2H3;6-7H,1-5H2/t;6-,7?/m.1/s1. The van der Waals surface area contributed by atoms with E-state index in [1.165, 1.54) is 44.3 Å². The van der Waals surface area contributed by atoms with Crippen molar-refractivity contribution in [1.29, 1.82) is 0 Å². The van der Waals surface area contributed by atoms with Gasteiger partial charge < -0.3 is 14.7 Å². The first kappa shape index (κ1) is 28.8. The highest BCUT2D eigenvalue weighted by Gasteiger charge is 2.55. The molecule has 230 valence electrons. The molecule has 5 heterocycles. The van der Waals surface area contributed by atoms with Crippen molar-refractivity contribution >= 4 is 33.3 Å². The molecule has 8 rings (SSSR count). The van der Waals surface area contributed by atoms with Crippen LogP contribution in [0.25, 0.3) is 32.9 Å². The Kier molecular flexibility index (Phi) is 7.10. The Balaban J connectivity index is 0.000000296. The number of carbonyl (C=O) groups is 1. The average Bonchev–Trinajstić information content (AvgIpc) is 3.57. The molecule has 2 aromatic carbocycles. The van der Waals surface area contributed by atoms with Crippen LogP contribution in [0.15, 0.2) is 30.5 Å². The van der Waals surface area contributed by atoms with Crippen molar-refractivity contribution < 1.29 is 27.8 Å². The minimum Gasteiger partial charge on any atom is -0.508 e. The lowest BCUT2D eigenvalue weighted by Crippen LogP contribution is -2.65. The van der Waals surface area contributed by atoms with Crippen LogP contribution in [0.3, 0.4) is 0 Å². The maximum absolute atomic E-state index is 16.1.